The molecule has 7 nitrogen and oxygen atoms in total. The summed E-state index contributed by atoms with van der Waals surface area (Å²) < 4.78 is 5.61. The summed E-state index contributed by atoms with van der Waals surface area (Å²) in [5.74, 6) is -2.30. The van der Waals surface area contributed by atoms with E-state index in [-0.39, 0.29) is 40.5 Å². The zero-order valence-corrected chi connectivity index (χ0v) is 18.3. The fourth-order valence-electron chi connectivity index (χ4n) is 5.26. The molecule has 1 aliphatic carbocycles. The lowest BCUT2D eigenvalue weighted by Crippen LogP contribution is -2.50. The van der Waals surface area contributed by atoms with E-state index in [1.807, 2.05) is 36.4 Å². The van der Waals surface area contributed by atoms with Crippen LogP contribution in [-0.2, 0) is 21.5 Å². The van der Waals surface area contributed by atoms with Crippen molar-refractivity contribution in [3.63, 3.8) is 0 Å². The Hall–Kier alpha value is -4.96. The average Bonchev–Trinajstić information content (AvgIpc) is 3.11. The number of anilines is 1. The van der Waals surface area contributed by atoms with Crippen LogP contribution in [0.5, 0.6) is 0 Å². The van der Waals surface area contributed by atoms with E-state index < -0.39 is 22.9 Å². The number of nitrogens with two attached hydrogens (primary N) is 1. The molecular formula is C28H17N3O4. The summed E-state index contributed by atoms with van der Waals surface area (Å²) in [6.45, 7) is 0.208. The molecule has 35 heavy (non-hydrogen) atoms. The monoisotopic (exact) mass is 459 g/mol. The lowest BCUT2D eigenvalue weighted by atomic mass is 9.64. The van der Waals surface area contributed by atoms with Gasteiger partial charge in [0, 0.05) is 22.4 Å². The minimum absolute atomic E-state index is 0.156. The van der Waals surface area contributed by atoms with Crippen LogP contribution in [-0.4, -0.2) is 17.5 Å². The zero-order valence-electron chi connectivity index (χ0n) is 18.3. The van der Waals surface area contributed by atoms with Gasteiger partial charge in [-0.3, -0.25) is 14.4 Å². The van der Waals surface area contributed by atoms with Crippen molar-refractivity contribution >= 4 is 23.2 Å². The molecule has 1 amide bonds. The van der Waals surface area contributed by atoms with E-state index in [1.54, 1.807) is 36.4 Å². The van der Waals surface area contributed by atoms with E-state index in [0.29, 0.717) is 11.3 Å². The largest absolute Gasteiger partial charge is 0.436 e. The van der Waals surface area contributed by atoms with Crippen molar-refractivity contribution in [3.05, 3.63) is 124 Å². The second kappa shape index (κ2) is 7.27. The molecule has 3 aromatic rings. The predicted molar refractivity (Wildman–Crippen MR) is 126 cm³/mol. The van der Waals surface area contributed by atoms with Crippen LogP contribution in [0.2, 0.25) is 0 Å². The Kier molecular flexibility index (Phi) is 4.29. The Morgan fingerprint density at radius 2 is 1.49 bits per heavy atom. The van der Waals surface area contributed by atoms with Crippen LogP contribution in [0.15, 0.2) is 102 Å². The summed E-state index contributed by atoms with van der Waals surface area (Å²) in [5.41, 5.74) is 6.04. The average molecular weight is 459 g/mol. The number of nitrogens with zero attached hydrogens (tertiary/aromatic N) is 2. The van der Waals surface area contributed by atoms with Crippen molar-refractivity contribution in [3.8, 4) is 6.07 Å². The number of amides is 1. The molecule has 168 valence electrons. The maximum absolute atomic E-state index is 14.4. The molecule has 3 aromatic carbocycles. The highest BCUT2D eigenvalue weighted by Crippen LogP contribution is 2.56. The summed E-state index contributed by atoms with van der Waals surface area (Å²) in [5, 5.41) is 10.2. The highest BCUT2D eigenvalue weighted by molar-refractivity contribution is 6.32. The Morgan fingerprint density at radius 3 is 2.20 bits per heavy atom. The highest BCUT2D eigenvalue weighted by atomic mass is 16.5. The molecule has 2 N–H and O–H groups in total. The number of nitriles is 1. The summed E-state index contributed by atoms with van der Waals surface area (Å²) in [6.07, 6.45) is 0. The lowest BCUT2D eigenvalue weighted by Gasteiger charge is -2.37. The topological polar surface area (TPSA) is 113 Å². The molecule has 0 saturated carbocycles. The van der Waals surface area contributed by atoms with Gasteiger partial charge in [0.25, 0.3) is 0 Å². The predicted octanol–water partition coefficient (Wildman–Crippen LogP) is 3.53. The van der Waals surface area contributed by atoms with Gasteiger partial charge in [0.05, 0.1) is 12.1 Å². The van der Waals surface area contributed by atoms with Crippen molar-refractivity contribution in [2.75, 3.05) is 4.90 Å². The number of fused-ring (bicyclic) bond motifs is 4. The number of benzene rings is 3. The van der Waals surface area contributed by atoms with E-state index >= 15 is 0 Å². The third kappa shape index (κ3) is 2.56. The van der Waals surface area contributed by atoms with E-state index in [4.69, 9.17) is 10.5 Å². The Bertz CT molecular complexity index is 1580. The standard InChI is InChI=1S/C28H17N3O4/c29-14-20-26(30)35-25-22(23(32)17-10-4-5-11-18(17)24(25)33)28(20)19-12-6-7-13-21(19)31(27(28)34)15-16-8-2-1-3-9-16/h1-13H,15,30H2/t28-/m1/s1. The molecule has 2 aliphatic heterocycles. The van der Waals surface area contributed by atoms with Crippen LogP contribution >= 0.6 is 0 Å². The normalized spacial score (nSPS) is 20.4. The molecule has 0 unspecified atom stereocenters. The van der Waals surface area contributed by atoms with Gasteiger partial charge in [-0.05, 0) is 11.6 Å². The number of rotatable bonds is 2. The first kappa shape index (κ1) is 20.6. The zero-order chi connectivity index (χ0) is 24.3. The molecule has 0 saturated heterocycles. The van der Waals surface area contributed by atoms with Gasteiger partial charge in [-0.2, -0.15) is 5.26 Å². The van der Waals surface area contributed by atoms with E-state index in [9.17, 15) is 19.6 Å². The van der Waals surface area contributed by atoms with E-state index in [1.165, 1.54) is 17.0 Å². The number of carbonyl (C=O) groups is 3. The third-order valence-electron chi connectivity index (χ3n) is 6.75. The number of hydrogen-bond donors (Lipinski definition) is 1. The molecule has 0 bridgehead atoms. The number of para-hydroxylation sites is 1. The molecule has 6 rings (SSSR count). The summed E-state index contributed by atoms with van der Waals surface area (Å²) in [6, 6.07) is 24.7. The molecule has 2 heterocycles. The van der Waals surface area contributed by atoms with Gasteiger partial charge in [-0.25, -0.2) is 0 Å². The van der Waals surface area contributed by atoms with Crippen LogP contribution in [0, 0.1) is 11.3 Å². The minimum atomic E-state index is -1.89. The number of carbonyl (C=O) groups excluding carboxylic acids is 3. The van der Waals surface area contributed by atoms with E-state index in [0.717, 1.165) is 5.56 Å². The first-order valence-corrected chi connectivity index (χ1v) is 11.0. The smallest absolute Gasteiger partial charge is 0.248 e. The fourth-order valence-corrected chi connectivity index (χ4v) is 5.26. The lowest BCUT2D eigenvalue weighted by molar-refractivity contribution is -0.121. The minimum Gasteiger partial charge on any atom is -0.436 e. The number of allylic oxidation sites excluding steroid dienone is 1. The quantitative estimate of drug-likeness (QED) is 0.627. The van der Waals surface area contributed by atoms with Gasteiger partial charge < -0.3 is 15.4 Å². The maximum Gasteiger partial charge on any atom is 0.248 e. The molecule has 3 aliphatic rings. The Labute approximate surface area is 200 Å². The van der Waals surface area contributed by atoms with Crippen molar-refractivity contribution in [2.24, 2.45) is 5.73 Å². The number of ether oxygens (including phenoxy) is 1. The number of hydrogen-bond acceptors (Lipinski definition) is 6. The van der Waals surface area contributed by atoms with Gasteiger partial charge >= 0.3 is 0 Å². The van der Waals surface area contributed by atoms with Crippen molar-refractivity contribution < 1.29 is 19.1 Å². The summed E-state index contributed by atoms with van der Waals surface area (Å²) in [4.78, 5) is 43.3. The van der Waals surface area contributed by atoms with Gasteiger partial charge in [-0.1, -0.05) is 72.8 Å². The molecule has 0 aromatic heterocycles. The van der Waals surface area contributed by atoms with Gasteiger partial charge in [-0.15, -0.1) is 0 Å². The molecule has 0 fully saturated rings. The van der Waals surface area contributed by atoms with Crippen molar-refractivity contribution in [1.29, 1.82) is 5.26 Å². The Balaban J connectivity index is 1.66. The van der Waals surface area contributed by atoms with Crippen LogP contribution in [0.25, 0.3) is 0 Å². The van der Waals surface area contributed by atoms with Crippen LogP contribution in [0.3, 0.4) is 0 Å². The molecule has 7 heteroatoms. The first-order chi connectivity index (χ1) is 17.0. The van der Waals surface area contributed by atoms with Gasteiger partial charge in [0.15, 0.2) is 11.5 Å². The highest BCUT2D eigenvalue weighted by Gasteiger charge is 2.63. The second-order valence-electron chi connectivity index (χ2n) is 8.51. The van der Waals surface area contributed by atoms with Crippen molar-refractivity contribution in [1.82, 2.24) is 0 Å². The summed E-state index contributed by atoms with van der Waals surface area (Å²) in [7, 11) is 0. The van der Waals surface area contributed by atoms with Crippen LogP contribution in [0.1, 0.15) is 31.8 Å². The summed E-state index contributed by atoms with van der Waals surface area (Å²) >= 11 is 0. The fraction of sp³-hybridized carbons (Fsp3) is 0.0714. The number of Topliss-reactive ketones (excluding diaryl/α,β-unsaturated/α-hetero) is 2. The SMILES string of the molecule is N#CC1=C(N)OC2=C(C(=O)c3ccccc3C2=O)[C@]12C(=O)N(Cc1ccccc1)c1ccccc12. The van der Waals surface area contributed by atoms with Gasteiger partial charge in [0.1, 0.15) is 17.1 Å². The molecule has 1 spiro atoms. The third-order valence-corrected chi connectivity index (χ3v) is 6.75. The van der Waals surface area contributed by atoms with Gasteiger partial charge in [0.2, 0.25) is 17.6 Å². The number of ketones is 2. The molecule has 1 atom stereocenters. The van der Waals surface area contributed by atoms with Crippen LogP contribution < -0.4 is 10.6 Å². The Morgan fingerprint density at radius 1 is 0.857 bits per heavy atom. The van der Waals surface area contributed by atoms with Crippen molar-refractivity contribution in [2.45, 2.75) is 12.0 Å². The molecular weight excluding hydrogens is 442 g/mol. The molecule has 0 radical (unpaired) electrons. The maximum atomic E-state index is 14.4. The van der Waals surface area contributed by atoms with E-state index in [2.05, 4.69) is 0 Å². The first-order valence-electron chi connectivity index (χ1n) is 11.0. The second-order valence-corrected chi connectivity index (χ2v) is 8.51. The van der Waals surface area contributed by atoms with Crippen LogP contribution in [0.4, 0.5) is 5.69 Å².